The minimum atomic E-state index is 0.216. The van der Waals surface area contributed by atoms with Crippen LogP contribution in [-0.4, -0.2) is 77.9 Å². The van der Waals surface area contributed by atoms with Gasteiger partial charge in [-0.25, -0.2) is 0 Å². The van der Waals surface area contributed by atoms with Crippen molar-refractivity contribution in [2.24, 2.45) is 11.8 Å². The third kappa shape index (κ3) is 3.72. The predicted octanol–water partition coefficient (Wildman–Crippen LogP) is 2.84. The highest BCUT2D eigenvalue weighted by molar-refractivity contribution is 5.94. The van der Waals surface area contributed by atoms with E-state index in [-0.39, 0.29) is 5.91 Å². The lowest BCUT2D eigenvalue weighted by atomic mass is 9.72. The van der Waals surface area contributed by atoms with Gasteiger partial charge < -0.3 is 9.80 Å². The molecule has 0 radical (unpaired) electrons. The van der Waals surface area contributed by atoms with E-state index < -0.39 is 0 Å². The molecule has 4 aliphatic rings. The summed E-state index contributed by atoms with van der Waals surface area (Å²) in [5.74, 6) is 1.45. The number of rotatable bonds is 3. The summed E-state index contributed by atoms with van der Waals surface area (Å²) < 4.78 is 0. The Morgan fingerprint density at radius 2 is 1.97 bits per heavy atom. The predicted molar refractivity (Wildman–Crippen MR) is 115 cm³/mol. The van der Waals surface area contributed by atoms with Crippen LogP contribution in [0.5, 0.6) is 0 Å². The van der Waals surface area contributed by atoms with Gasteiger partial charge in [0.1, 0.15) is 0 Å². The van der Waals surface area contributed by atoms with Crippen LogP contribution < -0.4 is 0 Å². The van der Waals surface area contributed by atoms with Gasteiger partial charge in [0, 0.05) is 43.6 Å². The van der Waals surface area contributed by atoms with Crippen LogP contribution in [0.3, 0.4) is 0 Å². The minimum absolute atomic E-state index is 0.216. The summed E-state index contributed by atoms with van der Waals surface area (Å²) in [6, 6.07) is 3.41. The second-order valence-electron chi connectivity index (χ2n) is 10.1. The summed E-state index contributed by atoms with van der Waals surface area (Å²) in [4.78, 5) is 25.5. The zero-order chi connectivity index (χ0) is 20.0. The topological polar surface area (TPSA) is 39.7 Å². The van der Waals surface area contributed by atoms with Crippen molar-refractivity contribution in [3.63, 3.8) is 0 Å². The molecule has 1 aliphatic carbocycles. The van der Waals surface area contributed by atoms with E-state index >= 15 is 0 Å². The van der Waals surface area contributed by atoms with Gasteiger partial charge in [-0.3, -0.25) is 14.7 Å². The maximum Gasteiger partial charge on any atom is 0.255 e. The number of nitrogens with zero attached hydrogens (tertiary/aromatic N) is 4. The van der Waals surface area contributed by atoms with Gasteiger partial charge in [-0.1, -0.05) is 6.42 Å². The second-order valence-corrected chi connectivity index (χ2v) is 10.1. The van der Waals surface area contributed by atoms with E-state index in [0.29, 0.717) is 23.9 Å². The number of aryl methyl sites for hydroxylation is 2. The largest absolute Gasteiger partial charge is 0.338 e. The molecule has 4 heterocycles. The normalized spacial score (nSPS) is 32.0. The third-order valence-electron chi connectivity index (χ3n) is 7.88. The molecule has 158 valence electrons. The second kappa shape index (κ2) is 7.99. The molecule has 0 spiro atoms. The lowest BCUT2D eigenvalue weighted by molar-refractivity contribution is -0.0702. The zero-order valence-corrected chi connectivity index (χ0v) is 18.1. The first-order valence-electron chi connectivity index (χ1n) is 11.8. The number of carbonyl (C=O) groups is 1. The Morgan fingerprint density at radius 3 is 2.83 bits per heavy atom. The van der Waals surface area contributed by atoms with Gasteiger partial charge in [-0.15, -0.1) is 0 Å². The summed E-state index contributed by atoms with van der Waals surface area (Å²) >= 11 is 0. The van der Waals surface area contributed by atoms with Gasteiger partial charge in [-0.05, 0) is 89.1 Å². The number of aromatic nitrogens is 1. The van der Waals surface area contributed by atoms with Crippen molar-refractivity contribution in [3.8, 4) is 0 Å². The molecule has 0 N–H and O–H groups in total. The molecule has 2 bridgehead atoms. The zero-order valence-electron chi connectivity index (χ0n) is 18.1. The molecule has 1 amide bonds. The van der Waals surface area contributed by atoms with Crippen molar-refractivity contribution >= 4 is 5.91 Å². The number of fused-ring (bicyclic) bond motifs is 5. The lowest BCUT2D eigenvalue weighted by Crippen LogP contribution is -2.65. The van der Waals surface area contributed by atoms with E-state index in [0.717, 1.165) is 38.0 Å². The minimum Gasteiger partial charge on any atom is -0.338 e. The average Bonchev–Trinajstić information content (AvgIpc) is 2.75. The molecule has 1 aromatic heterocycles. The molecular formula is C24H36N4O. The number of pyridine rings is 1. The Labute approximate surface area is 175 Å². The van der Waals surface area contributed by atoms with Crippen molar-refractivity contribution < 1.29 is 4.79 Å². The molecule has 5 heteroatoms. The molecule has 3 aliphatic heterocycles. The quantitative estimate of drug-likeness (QED) is 0.788. The summed E-state index contributed by atoms with van der Waals surface area (Å²) in [5.41, 5.74) is 3.34. The first kappa shape index (κ1) is 19.5. The Balaban J connectivity index is 1.38. The van der Waals surface area contributed by atoms with Crippen LogP contribution in [0.4, 0.5) is 0 Å². The lowest BCUT2D eigenvalue weighted by Gasteiger charge is -2.57. The van der Waals surface area contributed by atoms with Gasteiger partial charge in [0.25, 0.3) is 5.91 Å². The number of hydrogen-bond donors (Lipinski definition) is 0. The van der Waals surface area contributed by atoms with E-state index in [4.69, 9.17) is 0 Å². The molecule has 3 fully saturated rings. The number of likely N-dealkylation sites (N-methyl/N-ethyl adjacent to an activating group) is 1. The van der Waals surface area contributed by atoms with Gasteiger partial charge in [0.15, 0.2) is 0 Å². The van der Waals surface area contributed by atoms with Gasteiger partial charge >= 0.3 is 0 Å². The van der Waals surface area contributed by atoms with E-state index in [1.165, 1.54) is 56.3 Å². The van der Waals surface area contributed by atoms with Crippen molar-refractivity contribution in [2.75, 3.05) is 40.3 Å². The molecule has 5 nitrogen and oxygen atoms in total. The first-order chi connectivity index (χ1) is 14.1. The third-order valence-corrected chi connectivity index (χ3v) is 7.88. The van der Waals surface area contributed by atoms with Crippen LogP contribution in [0.15, 0.2) is 12.3 Å². The van der Waals surface area contributed by atoms with Gasteiger partial charge in [0.05, 0.1) is 5.56 Å². The number of likely N-dealkylation sites (tertiary alicyclic amines) is 1. The van der Waals surface area contributed by atoms with Crippen LogP contribution in [0.1, 0.15) is 60.1 Å². The molecule has 3 saturated heterocycles. The first-order valence-corrected chi connectivity index (χ1v) is 11.8. The Morgan fingerprint density at radius 1 is 1.14 bits per heavy atom. The van der Waals surface area contributed by atoms with E-state index in [1.807, 2.05) is 6.20 Å². The molecule has 0 unspecified atom stereocenters. The highest BCUT2D eigenvalue weighted by atomic mass is 16.2. The van der Waals surface area contributed by atoms with E-state index in [1.54, 1.807) is 0 Å². The summed E-state index contributed by atoms with van der Waals surface area (Å²) in [7, 11) is 4.38. The Hall–Kier alpha value is -1.46. The van der Waals surface area contributed by atoms with Crippen LogP contribution in [0.2, 0.25) is 0 Å². The molecule has 0 saturated carbocycles. The fraction of sp³-hybridized carbons (Fsp3) is 0.750. The standard InChI is InChI=1S/C24H36N4O/c1-26(2)16-23-20-12-19(22-9-5-6-10-28(22)23)14-27(15-20)24(29)18-11-17-7-3-4-8-21(17)25-13-18/h11,13,19-20,22-23H,3-10,12,14-16H2,1-2H3/t19-,20+,22+,23+/m1/s1. The van der Waals surface area contributed by atoms with Crippen molar-refractivity contribution in [1.29, 1.82) is 0 Å². The van der Waals surface area contributed by atoms with Crippen LogP contribution >= 0.6 is 0 Å². The van der Waals surface area contributed by atoms with Gasteiger partial charge in [-0.2, -0.15) is 0 Å². The maximum atomic E-state index is 13.5. The summed E-state index contributed by atoms with van der Waals surface area (Å²) in [6.45, 7) is 4.20. The molecule has 5 rings (SSSR count). The SMILES string of the molecule is CN(C)C[C@H]1[C@H]2C[C@H](CN(C(=O)c3cnc4c(c3)CCCC4)C2)[C@@H]2CCCCN21. The maximum absolute atomic E-state index is 13.5. The summed E-state index contributed by atoms with van der Waals surface area (Å²) in [6.07, 6.45) is 11.7. The number of piperidine rings is 3. The van der Waals surface area contributed by atoms with Crippen molar-refractivity contribution in [1.82, 2.24) is 19.7 Å². The fourth-order valence-corrected chi connectivity index (χ4v) is 6.59. The number of carbonyl (C=O) groups excluding carboxylic acids is 1. The monoisotopic (exact) mass is 396 g/mol. The molecule has 0 aromatic carbocycles. The number of amides is 1. The van der Waals surface area contributed by atoms with Crippen LogP contribution in [0.25, 0.3) is 0 Å². The average molecular weight is 397 g/mol. The highest BCUT2D eigenvalue weighted by Gasteiger charge is 2.48. The molecular weight excluding hydrogens is 360 g/mol. The van der Waals surface area contributed by atoms with Crippen LogP contribution in [0, 0.1) is 11.8 Å². The smallest absolute Gasteiger partial charge is 0.255 e. The van der Waals surface area contributed by atoms with Crippen molar-refractivity contribution in [2.45, 2.75) is 63.5 Å². The van der Waals surface area contributed by atoms with Gasteiger partial charge in [0.2, 0.25) is 0 Å². The van der Waals surface area contributed by atoms with Crippen molar-refractivity contribution in [3.05, 3.63) is 29.1 Å². The number of hydrogen-bond acceptors (Lipinski definition) is 4. The van der Waals surface area contributed by atoms with E-state index in [2.05, 4.69) is 39.8 Å². The summed E-state index contributed by atoms with van der Waals surface area (Å²) in [5, 5.41) is 0. The Kier molecular flexibility index (Phi) is 5.37. The fourth-order valence-electron chi connectivity index (χ4n) is 6.59. The van der Waals surface area contributed by atoms with Crippen LogP contribution in [-0.2, 0) is 12.8 Å². The molecule has 29 heavy (non-hydrogen) atoms. The molecule has 4 atom stereocenters. The Bertz CT molecular complexity index is 763. The van der Waals surface area contributed by atoms with E-state index in [9.17, 15) is 4.79 Å². The highest BCUT2D eigenvalue weighted by Crippen LogP contribution is 2.41. The molecule has 1 aromatic rings.